The van der Waals surface area contributed by atoms with Crippen LogP contribution in [0.25, 0.3) is 0 Å². The Bertz CT molecular complexity index is 283. The monoisotopic (exact) mass is 170 g/mol. The molecule has 11 heavy (non-hydrogen) atoms. The average molecular weight is 171 g/mol. The van der Waals surface area contributed by atoms with Crippen molar-refractivity contribution in [1.82, 2.24) is 4.98 Å². The summed E-state index contributed by atoms with van der Waals surface area (Å²) in [6.07, 6.45) is 3.40. The van der Waals surface area contributed by atoms with E-state index in [0.717, 1.165) is 18.5 Å². The molecule has 1 saturated carbocycles. The topological polar surface area (TPSA) is 12.9 Å². The standard InChI is InChI=1S/C8H6ClFN/c9-7-3-6(10)4-11-8(7)5-1-2-5/h4-5H,1-2H2. The van der Waals surface area contributed by atoms with Gasteiger partial charge in [0.05, 0.1) is 16.9 Å². The van der Waals surface area contributed by atoms with E-state index in [1.165, 1.54) is 6.20 Å². The van der Waals surface area contributed by atoms with Gasteiger partial charge in [0.1, 0.15) is 0 Å². The highest BCUT2D eigenvalue weighted by Crippen LogP contribution is 2.41. The number of aromatic nitrogens is 1. The van der Waals surface area contributed by atoms with Crippen molar-refractivity contribution in [2.45, 2.75) is 18.8 Å². The van der Waals surface area contributed by atoms with E-state index in [9.17, 15) is 4.39 Å². The van der Waals surface area contributed by atoms with Crippen LogP contribution in [0.4, 0.5) is 4.39 Å². The highest BCUT2D eigenvalue weighted by Gasteiger charge is 2.27. The van der Waals surface area contributed by atoms with Crippen molar-refractivity contribution in [1.29, 1.82) is 0 Å². The van der Waals surface area contributed by atoms with E-state index >= 15 is 0 Å². The van der Waals surface area contributed by atoms with Crippen molar-refractivity contribution in [2.24, 2.45) is 0 Å². The molecule has 0 aliphatic heterocycles. The summed E-state index contributed by atoms with van der Waals surface area (Å²) < 4.78 is 12.4. The third kappa shape index (κ3) is 1.36. The summed E-state index contributed by atoms with van der Waals surface area (Å²) in [6.45, 7) is 0. The van der Waals surface area contributed by atoms with Crippen molar-refractivity contribution >= 4 is 11.6 Å². The maximum Gasteiger partial charge on any atom is 0.150 e. The molecule has 1 aliphatic rings. The second kappa shape index (κ2) is 2.45. The minimum Gasteiger partial charge on any atom is -0.256 e. The minimum atomic E-state index is -0.487. The Labute approximate surface area is 69.2 Å². The van der Waals surface area contributed by atoms with Crippen LogP contribution >= 0.6 is 11.6 Å². The van der Waals surface area contributed by atoms with Gasteiger partial charge >= 0.3 is 0 Å². The third-order valence-electron chi connectivity index (χ3n) is 1.74. The smallest absolute Gasteiger partial charge is 0.150 e. The first kappa shape index (κ1) is 7.04. The second-order valence-electron chi connectivity index (χ2n) is 2.70. The molecule has 0 bridgehead atoms. The Morgan fingerprint density at radius 1 is 1.64 bits per heavy atom. The third-order valence-corrected chi connectivity index (χ3v) is 2.02. The molecule has 2 rings (SSSR count). The lowest BCUT2D eigenvalue weighted by Gasteiger charge is -1.98. The highest BCUT2D eigenvalue weighted by atomic mass is 35.5. The van der Waals surface area contributed by atoms with Gasteiger partial charge in [0, 0.05) is 12.0 Å². The highest BCUT2D eigenvalue weighted by molar-refractivity contribution is 6.31. The molecule has 0 amide bonds. The van der Waals surface area contributed by atoms with Crippen molar-refractivity contribution in [3.05, 3.63) is 28.8 Å². The van der Waals surface area contributed by atoms with Crippen LogP contribution in [0.2, 0.25) is 5.02 Å². The van der Waals surface area contributed by atoms with E-state index in [1.807, 2.05) is 0 Å². The summed E-state index contributed by atoms with van der Waals surface area (Å²) in [4.78, 5) is 3.90. The molecule has 1 aromatic heterocycles. The SMILES string of the molecule is Fc1[c]c(Cl)c(C2CC2)nc1. The van der Waals surface area contributed by atoms with E-state index in [-0.39, 0.29) is 0 Å². The molecule has 1 fully saturated rings. The molecule has 0 saturated heterocycles. The van der Waals surface area contributed by atoms with E-state index in [1.54, 1.807) is 0 Å². The van der Waals surface area contributed by atoms with Crippen LogP contribution in [0.3, 0.4) is 0 Å². The van der Waals surface area contributed by atoms with Gasteiger partial charge in [-0.15, -0.1) is 0 Å². The van der Waals surface area contributed by atoms with Crippen LogP contribution in [0.15, 0.2) is 6.20 Å². The largest absolute Gasteiger partial charge is 0.256 e. The Hall–Kier alpha value is -0.630. The number of hydrogen-bond donors (Lipinski definition) is 0. The summed E-state index contributed by atoms with van der Waals surface area (Å²) in [6, 6.07) is 2.40. The van der Waals surface area contributed by atoms with E-state index in [4.69, 9.17) is 11.6 Å². The predicted octanol–water partition coefficient (Wildman–Crippen LogP) is 2.55. The number of nitrogens with zero attached hydrogens (tertiary/aromatic N) is 1. The summed E-state index contributed by atoms with van der Waals surface area (Å²) in [5, 5.41) is 0.340. The zero-order valence-corrected chi connectivity index (χ0v) is 6.53. The molecule has 0 N–H and O–H groups in total. The molecule has 1 aliphatic carbocycles. The maximum absolute atomic E-state index is 12.4. The molecule has 1 aromatic rings. The van der Waals surface area contributed by atoms with Crippen LogP contribution in [-0.2, 0) is 0 Å². The lowest BCUT2D eigenvalue weighted by molar-refractivity contribution is 0.617. The number of rotatable bonds is 1. The fourth-order valence-corrected chi connectivity index (χ4v) is 1.32. The van der Waals surface area contributed by atoms with E-state index < -0.39 is 5.82 Å². The van der Waals surface area contributed by atoms with Gasteiger partial charge in [-0.2, -0.15) is 0 Å². The first-order valence-corrected chi connectivity index (χ1v) is 3.88. The maximum atomic E-state index is 12.4. The van der Waals surface area contributed by atoms with Gasteiger partial charge in [0.2, 0.25) is 0 Å². The van der Waals surface area contributed by atoms with E-state index in [2.05, 4.69) is 11.1 Å². The minimum absolute atomic E-state index is 0.340. The summed E-state index contributed by atoms with van der Waals surface area (Å²) in [5.74, 6) is -0.0289. The summed E-state index contributed by atoms with van der Waals surface area (Å²) in [5.41, 5.74) is 0.799. The second-order valence-corrected chi connectivity index (χ2v) is 3.08. The molecule has 1 heterocycles. The summed E-state index contributed by atoms with van der Waals surface area (Å²) in [7, 11) is 0. The zero-order chi connectivity index (χ0) is 7.84. The Morgan fingerprint density at radius 2 is 2.36 bits per heavy atom. The Kier molecular flexibility index (Phi) is 1.57. The Balaban J connectivity index is 2.39. The quantitative estimate of drug-likeness (QED) is 0.631. The molecular weight excluding hydrogens is 165 g/mol. The molecule has 1 nitrogen and oxygen atoms in total. The van der Waals surface area contributed by atoms with Crippen molar-refractivity contribution in [2.75, 3.05) is 0 Å². The van der Waals surface area contributed by atoms with Gasteiger partial charge in [-0.3, -0.25) is 4.98 Å². The van der Waals surface area contributed by atoms with Crippen LogP contribution in [0, 0.1) is 11.9 Å². The van der Waals surface area contributed by atoms with Gasteiger partial charge < -0.3 is 0 Å². The molecule has 0 aromatic carbocycles. The van der Waals surface area contributed by atoms with Crippen LogP contribution in [0.1, 0.15) is 24.5 Å². The lowest BCUT2D eigenvalue weighted by atomic mass is 10.2. The van der Waals surface area contributed by atoms with Crippen LogP contribution in [0.5, 0.6) is 0 Å². The molecule has 0 unspecified atom stereocenters. The van der Waals surface area contributed by atoms with Crippen molar-refractivity contribution in [3.63, 3.8) is 0 Å². The molecule has 0 spiro atoms. The van der Waals surface area contributed by atoms with Crippen molar-refractivity contribution in [3.8, 4) is 0 Å². The molecule has 0 atom stereocenters. The first-order chi connectivity index (χ1) is 5.27. The molecule has 1 radical (unpaired) electrons. The number of halogens is 2. The van der Waals surface area contributed by atoms with Crippen LogP contribution in [-0.4, -0.2) is 4.98 Å². The zero-order valence-electron chi connectivity index (χ0n) is 5.77. The molecule has 57 valence electrons. The number of pyridine rings is 1. The van der Waals surface area contributed by atoms with Crippen molar-refractivity contribution < 1.29 is 4.39 Å². The van der Waals surface area contributed by atoms with Crippen LogP contribution < -0.4 is 0 Å². The predicted molar refractivity (Wildman–Crippen MR) is 40.0 cm³/mol. The van der Waals surface area contributed by atoms with Gasteiger partial charge in [0.15, 0.2) is 5.82 Å². The van der Waals surface area contributed by atoms with Gasteiger partial charge in [0.25, 0.3) is 0 Å². The number of hydrogen-bond acceptors (Lipinski definition) is 1. The van der Waals surface area contributed by atoms with Gasteiger partial charge in [-0.25, -0.2) is 4.39 Å². The fourth-order valence-electron chi connectivity index (χ4n) is 1.03. The molecule has 3 heteroatoms. The normalized spacial score (nSPS) is 16.9. The summed E-state index contributed by atoms with van der Waals surface area (Å²) >= 11 is 5.71. The Morgan fingerprint density at radius 3 is 2.91 bits per heavy atom. The average Bonchev–Trinajstić information content (AvgIpc) is 2.70. The molecular formula is C8H6ClFN. The fraction of sp³-hybridized carbons (Fsp3) is 0.375. The van der Waals surface area contributed by atoms with Gasteiger partial charge in [-0.1, -0.05) is 11.6 Å². The lowest BCUT2D eigenvalue weighted by Crippen LogP contribution is -1.89. The first-order valence-electron chi connectivity index (χ1n) is 3.50. The van der Waals surface area contributed by atoms with E-state index in [0.29, 0.717) is 10.9 Å². The van der Waals surface area contributed by atoms with Gasteiger partial charge in [-0.05, 0) is 12.8 Å².